The Morgan fingerprint density at radius 3 is 2.13 bits per heavy atom. The van der Waals surface area contributed by atoms with Crippen LogP contribution in [0.2, 0.25) is 0 Å². The van der Waals surface area contributed by atoms with E-state index in [0.717, 1.165) is 42.9 Å². The lowest BCUT2D eigenvalue weighted by molar-refractivity contribution is -0.121. The summed E-state index contributed by atoms with van der Waals surface area (Å²) in [6, 6.07) is 11.5. The van der Waals surface area contributed by atoms with Gasteiger partial charge in [0.15, 0.2) is 0 Å². The molecule has 5 nitrogen and oxygen atoms in total. The predicted molar refractivity (Wildman–Crippen MR) is 110 cm³/mol. The highest BCUT2D eigenvalue weighted by molar-refractivity contribution is 6.22. The van der Waals surface area contributed by atoms with Gasteiger partial charge in [0.2, 0.25) is 5.91 Å². The number of rotatable bonds is 6. The Kier molecular flexibility index (Phi) is 6.20. The van der Waals surface area contributed by atoms with Crippen molar-refractivity contribution in [3.05, 3.63) is 65.7 Å². The highest BCUT2D eigenvalue weighted by Crippen LogP contribution is 2.24. The number of amides is 2. The molecule has 0 aliphatic carbocycles. The molecule has 30 heavy (non-hydrogen) atoms. The van der Waals surface area contributed by atoms with E-state index in [0.29, 0.717) is 18.2 Å². The molecule has 7 heteroatoms. The quantitative estimate of drug-likeness (QED) is 0.740. The number of benzene rings is 2. The number of carbonyl (C=O) groups is 2. The third kappa shape index (κ3) is 4.74. The average Bonchev–Trinajstić information content (AvgIpc) is 3.03. The van der Waals surface area contributed by atoms with Crippen LogP contribution in [-0.2, 0) is 16.1 Å². The molecule has 2 saturated heterocycles. The zero-order valence-corrected chi connectivity index (χ0v) is 16.7. The van der Waals surface area contributed by atoms with E-state index in [1.165, 1.54) is 36.4 Å². The minimum Gasteiger partial charge on any atom is -0.305 e. The molecule has 0 radical (unpaired) electrons. The second-order valence-electron chi connectivity index (χ2n) is 8.05. The maximum Gasteiger partial charge on any atom is 0.251 e. The van der Waals surface area contributed by atoms with Crippen LogP contribution in [0.3, 0.4) is 0 Å². The lowest BCUT2D eigenvalue weighted by Crippen LogP contribution is -2.43. The average molecular weight is 413 g/mol. The molecule has 4 rings (SSSR count). The van der Waals surface area contributed by atoms with Gasteiger partial charge in [-0.25, -0.2) is 13.7 Å². The summed E-state index contributed by atoms with van der Waals surface area (Å²) in [5.41, 5.74) is 1.51. The smallest absolute Gasteiger partial charge is 0.251 e. The third-order valence-electron chi connectivity index (χ3n) is 5.91. The monoisotopic (exact) mass is 413 g/mol. The van der Waals surface area contributed by atoms with Crippen molar-refractivity contribution >= 4 is 17.5 Å². The minimum atomic E-state index is -0.528. The van der Waals surface area contributed by atoms with Crippen LogP contribution in [-0.4, -0.2) is 42.4 Å². The van der Waals surface area contributed by atoms with E-state index in [9.17, 15) is 18.4 Å². The van der Waals surface area contributed by atoms with Gasteiger partial charge in [-0.2, -0.15) is 0 Å². The Labute approximate surface area is 174 Å². The maximum atomic E-state index is 13.1. The second kappa shape index (κ2) is 9.02. The lowest BCUT2D eigenvalue weighted by atomic mass is 9.96. The topological polar surface area (TPSA) is 52.7 Å². The largest absolute Gasteiger partial charge is 0.305 e. The molecule has 1 atom stereocenters. The van der Waals surface area contributed by atoms with Crippen molar-refractivity contribution in [2.24, 2.45) is 5.92 Å². The highest BCUT2D eigenvalue weighted by Gasteiger charge is 2.39. The summed E-state index contributed by atoms with van der Waals surface area (Å²) < 4.78 is 26.2. The molecule has 1 N–H and O–H groups in total. The maximum absolute atomic E-state index is 13.1. The molecule has 0 unspecified atom stereocenters. The Bertz CT molecular complexity index is 894. The molecule has 2 fully saturated rings. The summed E-state index contributed by atoms with van der Waals surface area (Å²) in [6.07, 6.45) is 2.13. The number of piperidine rings is 1. The Morgan fingerprint density at radius 2 is 1.50 bits per heavy atom. The standard InChI is InChI=1S/C23H25F2N3O2/c24-18-3-1-17(2-4-18)15-27-11-9-16(10-12-27)14-26-21-13-22(29)28(23(21)30)20-7-5-19(25)6-8-20/h1-8,16,21,26H,9-15H2/t21-/m1/s1. The van der Waals surface area contributed by atoms with Crippen molar-refractivity contribution in [3.63, 3.8) is 0 Å². The molecule has 0 spiro atoms. The number of nitrogens with one attached hydrogen (secondary N) is 1. The molecule has 158 valence electrons. The van der Waals surface area contributed by atoms with E-state index in [4.69, 9.17) is 0 Å². The van der Waals surface area contributed by atoms with Crippen molar-refractivity contribution in [1.82, 2.24) is 10.2 Å². The Balaban J connectivity index is 1.24. The first-order chi connectivity index (χ1) is 14.5. The van der Waals surface area contributed by atoms with Crippen LogP contribution in [0.1, 0.15) is 24.8 Å². The van der Waals surface area contributed by atoms with Crippen molar-refractivity contribution in [2.75, 3.05) is 24.5 Å². The number of anilines is 1. The van der Waals surface area contributed by atoms with E-state index in [2.05, 4.69) is 10.2 Å². The normalized spacial score (nSPS) is 20.9. The van der Waals surface area contributed by atoms with Crippen molar-refractivity contribution in [2.45, 2.75) is 31.8 Å². The lowest BCUT2D eigenvalue weighted by Gasteiger charge is -2.32. The molecule has 0 bridgehead atoms. The van der Waals surface area contributed by atoms with Crippen molar-refractivity contribution < 1.29 is 18.4 Å². The Morgan fingerprint density at radius 1 is 0.900 bits per heavy atom. The van der Waals surface area contributed by atoms with Gasteiger partial charge in [-0.3, -0.25) is 14.5 Å². The molecule has 2 aromatic rings. The van der Waals surface area contributed by atoms with Gasteiger partial charge in [0, 0.05) is 6.54 Å². The molecule has 0 saturated carbocycles. The fraction of sp³-hybridized carbons (Fsp3) is 0.391. The van der Waals surface area contributed by atoms with Gasteiger partial charge < -0.3 is 5.32 Å². The first-order valence-corrected chi connectivity index (χ1v) is 10.3. The van der Waals surface area contributed by atoms with E-state index in [1.54, 1.807) is 0 Å². The van der Waals surface area contributed by atoms with Gasteiger partial charge in [0.25, 0.3) is 5.91 Å². The van der Waals surface area contributed by atoms with Gasteiger partial charge in [-0.05, 0) is 80.4 Å². The van der Waals surface area contributed by atoms with Crippen LogP contribution in [0.4, 0.5) is 14.5 Å². The highest BCUT2D eigenvalue weighted by atomic mass is 19.1. The van der Waals surface area contributed by atoms with Crippen LogP contribution in [0.5, 0.6) is 0 Å². The van der Waals surface area contributed by atoms with E-state index >= 15 is 0 Å². The number of carbonyl (C=O) groups excluding carboxylic acids is 2. The van der Waals surface area contributed by atoms with Gasteiger partial charge in [0.1, 0.15) is 11.6 Å². The summed E-state index contributed by atoms with van der Waals surface area (Å²) in [6.45, 7) is 3.39. The predicted octanol–water partition coefficient (Wildman–Crippen LogP) is 3.10. The van der Waals surface area contributed by atoms with E-state index in [1.807, 2.05) is 12.1 Å². The number of nitrogens with zero attached hydrogens (tertiary/aromatic N) is 2. The fourth-order valence-electron chi connectivity index (χ4n) is 4.16. The van der Waals surface area contributed by atoms with Crippen LogP contribution >= 0.6 is 0 Å². The van der Waals surface area contributed by atoms with E-state index in [-0.39, 0.29) is 24.1 Å². The molecule has 2 aliphatic rings. The molecular formula is C23H25F2N3O2. The number of likely N-dealkylation sites (tertiary alicyclic amines) is 1. The van der Waals surface area contributed by atoms with Crippen molar-refractivity contribution in [1.29, 1.82) is 0 Å². The summed E-state index contributed by atoms with van der Waals surface area (Å²) >= 11 is 0. The summed E-state index contributed by atoms with van der Waals surface area (Å²) in [7, 11) is 0. The van der Waals surface area contributed by atoms with Crippen LogP contribution in [0.15, 0.2) is 48.5 Å². The van der Waals surface area contributed by atoms with Crippen LogP contribution in [0, 0.1) is 17.6 Å². The summed E-state index contributed by atoms with van der Waals surface area (Å²) in [5, 5.41) is 3.27. The first kappa shape index (κ1) is 20.6. The molecule has 2 aromatic carbocycles. The van der Waals surface area contributed by atoms with Crippen LogP contribution in [0.25, 0.3) is 0 Å². The molecule has 0 aromatic heterocycles. The number of imide groups is 1. The molecule has 2 aliphatic heterocycles. The number of hydrogen-bond donors (Lipinski definition) is 1. The van der Waals surface area contributed by atoms with Crippen molar-refractivity contribution in [3.8, 4) is 0 Å². The number of hydrogen-bond acceptors (Lipinski definition) is 4. The third-order valence-corrected chi connectivity index (χ3v) is 5.91. The molecule has 2 amide bonds. The SMILES string of the molecule is O=C1C[C@@H](NCC2CCN(Cc3ccc(F)cc3)CC2)C(=O)N1c1ccc(F)cc1. The summed E-state index contributed by atoms with van der Waals surface area (Å²) in [5.74, 6) is -0.726. The summed E-state index contributed by atoms with van der Waals surface area (Å²) in [4.78, 5) is 28.5. The van der Waals surface area contributed by atoms with Gasteiger partial charge in [-0.15, -0.1) is 0 Å². The van der Waals surface area contributed by atoms with E-state index < -0.39 is 11.9 Å². The number of halogens is 2. The Hall–Kier alpha value is -2.64. The van der Waals surface area contributed by atoms with Gasteiger partial charge in [0.05, 0.1) is 18.2 Å². The fourth-order valence-corrected chi connectivity index (χ4v) is 4.16. The molecule has 2 heterocycles. The van der Waals surface area contributed by atoms with Crippen LogP contribution < -0.4 is 10.2 Å². The zero-order valence-electron chi connectivity index (χ0n) is 16.7. The zero-order chi connectivity index (χ0) is 21.1. The van der Waals surface area contributed by atoms with Gasteiger partial charge >= 0.3 is 0 Å². The first-order valence-electron chi connectivity index (χ1n) is 10.3. The van der Waals surface area contributed by atoms with Gasteiger partial charge in [-0.1, -0.05) is 12.1 Å². The minimum absolute atomic E-state index is 0.125. The second-order valence-corrected chi connectivity index (χ2v) is 8.05. The molecular weight excluding hydrogens is 388 g/mol.